The van der Waals surface area contributed by atoms with Crippen LogP contribution >= 0.6 is 0 Å². The van der Waals surface area contributed by atoms with Crippen molar-refractivity contribution in [3.63, 3.8) is 0 Å². The van der Waals surface area contributed by atoms with Gasteiger partial charge in [0.1, 0.15) is 11.8 Å². The molecule has 0 amide bonds. The molecule has 2 aromatic rings. The monoisotopic (exact) mass is 241 g/mol. The minimum atomic E-state index is -0.436. The summed E-state index contributed by atoms with van der Waals surface area (Å²) in [6.45, 7) is 3.83. The summed E-state index contributed by atoms with van der Waals surface area (Å²) in [6, 6.07) is 9.56. The molecular formula is C14H13N2O2. The van der Waals surface area contributed by atoms with E-state index in [0.29, 0.717) is 18.1 Å². The maximum absolute atomic E-state index is 11.6. The van der Waals surface area contributed by atoms with Gasteiger partial charge in [0.25, 0.3) is 0 Å². The van der Waals surface area contributed by atoms with Crippen LogP contribution in [0.15, 0.2) is 30.3 Å². The molecule has 4 heteroatoms. The predicted molar refractivity (Wildman–Crippen MR) is 67.0 cm³/mol. The van der Waals surface area contributed by atoms with Gasteiger partial charge in [-0.15, -0.1) is 0 Å². The van der Waals surface area contributed by atoms with Gasteiger partial charge in [-0.3, -0.25) is 0 Å². The molecule has 1 radical (unpaired) electrons. The van der Waals surface area contributed by atoms with Crippen molar-refractivity contribution >= 4 is 5.97 Å². The fourth-order valence-corrected chi connectivity index (χ4v) is 1.54. The zero-order valence-electron chi connectivity index (χ0n) is 10.3. The van der Waals surface area contributed by atoms with Crippen LogP contribution in [-0.2, 0) is 4.74 Å². The lowest BCUT2D eigenvalue weighted by atomic mass is 10.2. The second-order valence-corrected chi connectivity index (χ2v) is 3.71. The number of nitrogens with zero attached hydrogens (tertiary/aromatic N) is 2. The minimum absolute atomic E-state index is 0.288. The summed E-state index contributed by atoms with van der Waals surface area (Å²) in [4.78, 5) is 20.0. The standard InChI is InChI=1S/C14H13N2O2/c1-3-18-14(17)12-9-15-13(16-10(12)2)11-7-5-4-6-8-11/h4-8H,3H2,1-2H3. The molecule has 0 unspecified atom stereocenters. The normalized spacial score (nSPS) is 10.1. The van der Waals surface area contributed by atoms with Gasteiger partial charge in [-0.2, -0.15) is 0 Å². The molecule has 0 atom stereocenters. The van der Waals surface area contributed by atoms with Crippen LogP contribution in [0.1, 0.15) is 23.0 Å². The number of benzene rings is 1. The van der Waals surface area contributed by atoms with Crippen molar-refractivity contribution in [2.45, 2.75) is 13.8 Å². The average Bonchev–Trinajstić information content (AvgIpc) is 2.40. The summed E-state index contributed by atoms with van der Waals surface area (Å²) in [5.41, 5.74) is 1.76. The number of aromatic nitrogens is 2. The van der Waals surface area contributed by atoms with Gasteiger partial charge in [0.2, 0.25) is 0 Å². The summed E-state index contributed by atoms with van der Waals surface area (Å²) in [5.74, 6) is 0.121. The Kier molecular flexibility index (Phi) is 3.67. The first-order valence-electron chi connectivity index (χ1n) is 5.71. The second-order valence-electron chi connectivity index (χ2n) is 3.71. The Balaban J connectivity index is 2.34. The van der Waals surface area contributed by atoms with E-state index >= 15 is 0 Å². The van der Waals surface area contributed by atoms with Crippen molar-refractivity contribution in [1.82, 2.24) is 9.97 Å². The Morgan fingerprint density at radius 1 is 1.33 bits per heavy atom. The largest absolute Gasteiger partial charge is 0.462 e. The third-order valence-corrected chi connectivity index (χ3v) is 2.42. The Labute approximate surface area is 106 Å². The van der Waals surface area contributed by atoms with E-state index in [9.17, 15) is 4.79 Å². The molecule has 0 fully saturated rings. The van der Waals surface area contributed by atoms with Crippen molar-refractivity contribution < 1.29 is 9.53 Å². The maximum atomic E-state index is 11.6. The molecule has 0 saturated carbocycles. The van der Waals surface area contributed by atoms with Crippen LogP contribution in [0, 0.1) is 13.1 Å². The van der Waals surface area contributed by atoms with Gasteiger partial charge in [0.15, 0.2) is 5.82 Å². The molecule has 1 aromatic carbocycles. The average molecular weight is 241 g/mol. The molecule has 2 rings (SSSR count). The molecule has 0 aliphatic carbocycles. The topological polar surface area (TPSA) is 52.1 Å². The van der Waals surface area contributed by atoms with E-state index in [4.69, 9.17) is 4.74 Å². The third-order valence-electron chi connectivity index (χ3n) is 2.42. The molecule has 18 heavy (non-hydrogen) atoms. The molecule has 4 nitrogen and oxygen atoms in total. The highest BCUT2D eigenvalue weighted by Crippen LogP contribution is 2.15. The van der Waals surface area contributed by atoms with Crippen LogP contribution in [-0.4, -0.2) is 22.5 Å². The van der Waals surface area contributed by atoms with E-state index in [0.717, 1.165) is 5.56 Å². The summed E-state index contributed by atoms with van der Waals surface area (Å²) in [7, 11) is 0. The van der Waals surface area contributed by atoms with E-state index in [-0.39, 0.29) is 5.56 Å². The van der Waals surface area contributed by atoms with Crippen molar-refractivity contribution in [2.75, 3.05) is 6.61 Å². The zero-order valence-corrected chi connectivity index (χ0v) is 10.3. The molecule has 0 aliphatic heterocycles. The van der Waals surface area contributed by atoms with Crippen LogP contribution in [0.5, 0.6) is 0 Å². The van der Waals surface area contributed by atoms with Gasteiger partial charge >= 0.3 is 5.97 Å². The number of carbonyl (C=O) groups is 1. The lowest BCUT2D eigenvalue weighted by Crippen LogP contribution is -2.09. The second kappa shape index (κ2) is 5.40. The SMILES string of the molecule is CCOC(=O)c1[c]nc(-c2ccccc2)nc1C. The number of ether oxygens (including phenoxy) is 1. The molecule has 0 aliphatic rings. The fraction of sp³-hybridized carbons (Fsp3) is 0.214. The van der Waals surface area contributed by atoms with Gasteiger partial charge < -0.3 is 4.74 Å². The van der Waals surface area contributed by atoms with Gasteiger partial charge in [-0.1, -0.05) is 30.3 Å². The summed E-state index contributed by atoms with van der Waals surface area (Å²) in [6.07, 6.45) is 2.70. The lowest BCUT2D eigenvalue weighted by molar-refractivity contribution is 0.0524. The Hall–Kier alpha value is -2.23. The van der Waals surface area contributed by atoms with Crippen LogP contribution in [0.25, 0.3) is 11.4 Å². The Bertz CT molecular complexity index is 553. The van der Waals surface area contributed by atoms with Gasteiger partial charge in [-0.05, 0) is 13.8 Å². The van der Waals surface area contributed by atoms with E-state index in [1.54, 1.807) is 13.8 Å². The molecule has 1 heterocycles. The number of esters is 1. The molecule has 0 N–H and O–H groups in total. The van der Waals surface area contributed by atoms with Crippen LogP contribution < -0.4 is 0 Å². The smallest absolute Gasteiger partial charge is 0.342 e. The van der Waals surface area contributed by atoms with Crippen molar-refractivity contribution in [3.05, 3.63) is 47.8 Å². The summed E-state index contributed by atoms with van der Waals surface area (Å²) >= 11 is 0. The lowest BCUT2D eigenvalue weighted by Gasteiger charge is -2.05. The van der Waals surface area contributed by atoms with Crippen molar-refractivity contribution in [2.24, 2.45) is 0 Å². The summed E-state index contributed by atoms with van der Waals surface area (Å²) < 4.78 is 4.90. The van der Waals surface area contributed by atoms with E-state index in [2.05, 4.69) is 16.2 Å². The van der Waals surface area contributed by atoms with Gasteiger partial charge in [0, 0.05) is 5.56 Å². The number of hydrogen-bond donors (Lipinski definition) is 0. The number of hydrogen-bond acceptors (Lipinski definition) is 4. The van der Waals surface area contributed by atoms with Crippen LogP contribution in [0.3, 0.4) is 0 Å². The predicted octanol–water partition coefficient (Wildman–Crippen LogP) is 2.43. The Morgan fingerprint density at radius 2 is 2.06 bits per heavy atom. The van der Waals surface area contributed by atoms with E-state index in [1.807, 2.05) is 30.3 Å². The highest BCUT2D eigenvalue weighted by Gasteiger charge is 2.13. The Morgan fingerprint density at radius 3 is 2.67 bits per heavy atom. The highest BCUT2D eigenvalue weighted by atomic mass is 16.5. The molecule has 0 saturated heterocycles. The molecule has 0 bridgehead atoms. The first kappa shape index (κ1) is 12.2. The number of carbonyl (C=O) groups excluding carboxylic acids is 1. The van der Waals surface area contributed by atoms with Crippen molar-refractivity contribution in [1.29, 1.82) is 0 Å². The van der Waals surface area contributed by atoms with E-state index < -0.39 is 5.97 Å². The molecule has 0 spiro atoms. The fourth-order valence-electron chi connectivity index (χ4n) is 1.54. The third kappa shape index (κ3) is 2.53. The first-order valence-corrected chi connectivity index (χ1v) is 5.71. The highest BCUT2D eigenvalue weighted by molar-refractivity contribution is 5.90. The number of aryl methyl sites for hydroxylation is 1. The molecule has 1 aromatic heterocycles. The minimum Gasteiger partial charge on any atom is -0.462 e. The first-order chi connectivity index (χ1) is 8.72. The maximum Gasteiger partial charge on any atom is 0.342 e. The van der Waals surface area contributed by atoms with Crippen LogP contribution in [0.2, 0.25) is 0 Å². The van der Waals surface area contributed by atoms with Gasteiger partial charge in [-0.25, -0.2) is 14.8 Å². The van der Waals surface area contributed by atoms with Crippen molar-refractivity contribution in [3.8, 4) is 11.4 Å². The quantitative estimate of drug-likeness (QED) is 0.774. The van der Waals surface area contributed by atoms with Crippen LogP contribution in [0.4, 0.5) is 0 Å². The molecule has 91 valence electrons. The summed E-state index contributed by atoms with van der Waals surface area (Å²) in [5, 5.41) is 0. The molecular weight excluding hydrogens is 228 g/mol. The van der Waals surface area contributed by atoms with E-state index in [1.165, 1.54) is 0 Å². The van der Waals surface area contributed by atoms with Gasteiger partial charge in [0.05, 0.1) is 12.3 Å². The zero-order chi connectivity index (χ0) is 13.0. The number of rotatable bonds is 3.